The van der Waals surface area contributed by atoms with Gasteiger partial charge in [0.25, 0.3) is 0 Å². The molecule has 0 aliphatic heterocycles. The number of aliphatic hydroxyl groups excluding tert-OH is 1. The molecule has 0 amide bonds. The number of ketones is 1. The molecule has 0 radical (unpaired) electrons. The number of Topliss-reactive ketones (excluding diaryl/α,β-unsaturated/α-hetero) is 1. The molecule has 2 rings (SSSR count). The zero-order valence-electron chi connectivity index (χ0n) is 14.2. The highest BCUT2D eigenvalue weighted by molar-refractivity contribution is 5.96. The van der Waals surface area contributed by atoms with Gasteiger partial charge in [-0.25, -0.2) is 0 Å². The average molecular weight is 328 g/mol. The molecule has 0 saturated heterocycles. The van der Waals surface area contributed by atoms with Crippen LogP contribution < -0.4 is 9.47 Å². The number of hydrogen-bond acceptors (Lipinski definition) is 4. The van der Waals surface area contributed by atoms with E-state index < -0.39 is 0 Å². The van der Waals surface area contributed by atoms with Crippen molar-refractivity contribution in [2.45, 2.75) is 25.7 Å². The van der Waals surface area contributed by atoms with Gasteiger partial charge in [-0.1, -0.05) is 30.7 Å². The molecule has 0 spiro atoms. The number of carbonyl (C=O) groups excluding carboxylic acids is 1. The Bertz CT molecular complexity index is 662. The number of aliphatic hydroxyl groups is 1. The summed E-state index contributed by atoms with van der Waals surface area (Å²) in [5.74, 6) is 1.61. The van der Waals surface area contributed by atoms with Crippen molar-refractivity contribution in [3.8, 4) is 22.6 Å². The summed E-state index contributed by atoms with van der Waals surface area (Å²) >= 11 is 0. The van der Waals surface area contributed by atoms with Gasteiger partial charge in [0.2, 0.25) is 0 Å². The molecule has 0 aliphatic rings. The minimum atomic E-state index is 0.140. The van der Waals surface area contributed by atoms with E-state index in [1.54, 1.807) is 14.2 Å². The maximum absolute atomic E-state index is 12.2. The number of hydrogen-bond donors (Lipinski definition) is 1. The molecule has 128 valence electrons. The molecule has 0 bridgehead atoms. The zero-order valence-corrected chi connectivity index (χ0v) is 14.2. The fourth-order valence-corrected chi connectivity index (χ4v) is 2.59. The average Bonchev–Trinajstić information content (AvgIpc) is 2.64. The van der Waals surface area contributed by atoms with Crippen LogP contribution >= 0.6 is 0 Å². The molecule has 0 aromatic heterocycles. The highest BCUT2D eigenvalue weighted by Crippen LogP contribution is 2.33. The van der Waals surface area contributed by atoms with Gasteiger partial charge in [-0.2, -0.15) is 0 Å². The van der Waals surface area contributed by atoms with Crippen LogP contribution in [-0.2, 0) is 0 Å². The Labute approximate surface area is 143 Å². The van der Waals surface area contributed by atoms with Crippen molar-refractivity contribution in [2.24, 2.45) is 0 Å². The molecule has 1 N–H and O–H groups in total. The van der Waals surface area contributed by atoms with Crippen LogP contribution in [0.1, 0.15) is 36.0 Å². The molecule has 24 heavy (non-hydrogen) atoms. The van der Waals surface area contributed by atoms with Crippen molar-refractivity contribution in [1.82, 2.24) is 0 Å². The lowest BCUT2D eigenvalue weighted by Gasteiger charge is -2.11. The number of methoxy groups -OCH3 is 2. The highest BCUT2D eigenvalue weighted by Gasteiger charge is 2.10. The SMILES string of the molecule is COc1ccc(-c2ccc(C(=O)CCCCCO)cc2)c(OC)c1. The van der Waals surface area contributed by atoms with Crippen LogP contribution in [0.25, 0.3) is 11.1 Å². The van der Waals surface area contributed by atoms with Gasteiger partial charge >= 0.3 is 0 Å². The van der Waals surface area contributed by atoms with Crippen LogP contribution in [0.15, 0.2) is 42.5 Å². The van der Waals surface area contributed by atoms with Crippen molar-refractivity contribution < 1.29 is 19.4 Å². The summed E-state index contributed by atoms with van der Waals surface area (Å²) in [5, 5.41) is 8.76. The molecular formula is C20H24O4. The second-order valence-electron chi connectivity index (χ2n) is 5.60. The molecule has 0 fully saturated rings. The second kappa shape index (κ2) is 9.08. The molecular weight excluding hydrogens is 304 g/mol. The molecule has 2 aromatic carbocycles. The van der Waals surface area contributed by atoms with E-state index in [9.17, 15) is 4.79 Å². The first-order chi connectivity index (χ1) is 11.7. The molecule has 0 aliphatic carbocycles. The van der Waals surface area contributed by atoms with Gasteiger partial charge in [-0.3, -0.25) is 4.79 Å². The number of rotatable bonds is 9. The molecule has 0 heterocycles. The topological polar surface area (TPSA) is 55.8 Å². The summed E-state index contributed by atoms with van der Waals surface area (Å²) in [4.78, 5) is 12.2. The molecule has 4 nitrogen and oxygen atoms in total. The normalized spacial score (nSPS) is 10.5. The number of ether oxygens (including phenoxy) is 2. The summed E-state index contributed by atoms with van der Waals surface area (Å²) in [5.41, 5.74) is 2.67. The highest BCUT2D eigenvalue weighted by atomic mass is 16.5. The Morgan fingerprint density at radius 2 is 1.71 bits per heavy atom. The van der Waals surface area contributed by atoms with E-state index in [0.717, 1.165) is 47.5 Å². The van der Waals surface area contributed by atoms with Crippen LogP contribution in [0.3, 0.4) is 0 Å². The zero-order chi connectivity index (χ0) is 17.4. The van der Waals surface area contributed by atoms with Gasteiger partial charge in [0.1, 0.15) is 11.5 Å². The molecule has 0 atom stereocenters. The number of carbonyl (C=O) groups is 1. The van der Waals surface area contributed by atoms with Gasteiger partial charge in [-0.05, 0) is 30.5 Å². The minimum Gasteiger partial charge on any atom is -0.497 e. The fraction of sp³-hybridized carbons (Fsp3) is 0.350. The maximum Gasteiger partial charge on any atom is 0.162 e. The first-order valence-electron chi connectivity index (χ1n) is 8.16. The lowest BCUT2D eigenvalue weighted by atomic mass is 9.99. The van der Waals surface area contributed by atoms with Gasteiger partial charge in [0.15, 0.2) is 5.78 Å². The van der Waals surface area contributed by atoms with E-state index in [0.29, 0.717) is 6.42 Å². The Balaban J connectivity index is 2.10. The molecule has 2 aromatic rings. The molecule has 4 heteroatoms. The van der Waals surface area contributed by atoms with Crippen LogP contribution in [0.5, 0.6) is 11.5 Å². The Hall–Kier alpha value is -2.33. The van der Waals surface area contributed by atoms with Gasteiger partial charge in [-0.15, -0.1) is 0 Å². The predicted molar refractivity (Wildman–Crippen MR) is 94.9 cm³/mol. The Kier molecular flexibility index (Phi) is 6.82. The van der Waals surface area contributed by atoms with Crippen molar-refractivity contribution in [2.75, 3.05) is 20.8 Å². The molecule has 0 saturated carbocycles. The van der Waals surface area contributed by atoms with Crippen molar-refractivity contribution in [1.29, 1.82) is 0 Å². The second-order valence-corrected chi connectivity index (χ2v) is 5.60. The third-order valence-corrected chi connectivity index (χ3v) is 3.99. The molecule has 0 unspecified atom stereocenters. The fourth-order valence-electron chi connectivity index (χ4n) is 2.59. The number of unbranched alkanes of at least 4 members (excludes halogenated alkanes) is 2. The Morgan fingerprint density at radius 1 is 0.958 bits per heavy atom. The van der Waals surface area contributed by atoms with Crippen LogP contribution in [0, 0.1) is 0 Å². The van der Waals surface area contributed by atoms with E-state index in [1.165, 1.54) is 0 Å². The number of benzene rings is 2. The first-order valence-corrected chi connectivity index (χ1v) is 8.16. The summed E-state index contributed by atoms with van der Waals surface area (Å²) < 4.78 is 10.6. The van der Waals surface area contributed by atoms with Crippen LogP contribution in [-0.4, -0.2) is 31.7 Å². The largest absolute Gasteiger partial charge is 0.497 e. The van der Waals surface area contributed by atoms with Gasteiger partial charge < -0.3 is 14.6 Å². The van der Waals surface area contributed by atoms with Crippen molar-refractivity contribution >= 4 is 5.78 Å². The monoisotopic (exact) mass is 328 g/mol. The van der Waals surface area contributed by atoms with Gasteiger partial charge in [0.05, 0.1) is 14.2 Å². The van der Waals surface area contributed by atoms with Crippen molar-refractivity contribution in [3.05, 3.63) is 48.0 Å². The minimum absolute atomic E-state index is 0.140. The van der Waals surface area contributed by atoms with E-state index >= 15 is 0 Å². The van der Waals surface area contributed by atoms with Gasteiger partial charge in [0, 0.05) is 30.2 Å². The lowest BCUT2D eigenvalue weighted by molar-refractivity contribution is 0.0978. The van der Waals surface area contributed by atoms with E-state index in [1.807, 2.05) is 42.5 Å². The quantitative estimate of drug-likeness (QED) is 0.556. The van der Waals surface area contributed by atoms with Crippen LogP contribution in [0.2, 0.25) is 0 Å². The smallest absolute Gasteiger partial charge is 0.162 e. The summed E-state index contributed by atoms with van der Waals surface area (Å²) in [6, 6.07) is 13.3. The van der Waals surface area contributed by atoms with E-state index in [-0.39, 0.29) is 12.4 Å². The summed E-state index contributed by atoms with van der Waals surface area (Å²) in [6.07, 6.45) is 2.96. The predicted octanol–water partition coefficient (Wildman–Crippen LogP) is 4.11. The summed E-state index contributed by atoms with van der Waals surface area (Å²) in [6.45, 7) is 0.187. The third-order valence-electron chi connectivity index (χ3n) is 3.99. The summed E-state index contributed by atoms with van der Waals surface area (Å²) in [7, 11) is 3.25. The van der Waals surface area contributed by atoms with Crippen LogP contribution in [0.4, 0.5) is 0 Å². The Morgan fingerprint density at radius 3 is 2.33 bits per heavy atom. The standard InChI is InChI=1S/C20H24O4/c1-23-17-11-12-18(20(14-17)24-2)15-7-9-16(10-8-15)19(22)6-4-3-5-13-21/h7-12,14,21H,3-6,13H2,1-2H3. The first kappa shape index (κ1) is 18.0. The maximum atomic E-state index is 12.2. The van der Waals surface area contributed by atoms with E-state index in [2.05, 4.69) is 0 Å². The third kappa shape index (κ3) is 4.59. The van der Waals surface area contributed by atoms with E-state index in [4.69, 9.17) is 14.6 Å². The van der Waals surface area contributed by atoms with Crippen molar-refractivity contribution in [3.63, 3.8) is 0 Å². The lowest BCUT2D eigenvalue weighted by Crippen LogP contribution is -1.99.